The lowest BCUT2D eigenvalue weighted by atomic mass is 10.2. The predicted octanol–water partition coefficient (Wildman–Crippen LogP) is 2.88. The Hall–Kier alpha value is -1.24. The number of rotatable bonds is 7. The second-order valence-corrected chi connectivity index (χ2v) is 5.76. The molecule has 0 bridgehead atoms. The molecule has 0 spiro atoms. The zero-order chi connectivity index (χ0) is 15.2. The summed E-state index contributed by atoms with van der Waals surface area (Å²) in [7, 11) is 3.42. The van der Waals surface area contributed by atoms with Crippen LogP contribution < -0.4 is 4.90 Å². The first kappa shape index (κ1) is 16.1. The first-order chi connectivity index (χ1) is 10.2. The summed E-state index contributed by atoms with van der Waals surface area (Å²) in [6, 6.07) is 4.19. The molecule has 2 rings (SSSR count). The van der Waals surface area contributed by atoms with E-state index in [-0.39, 0.29) is 6.04 Å². The zero-order valence-electron chi connectivity index (χ0n) is 12.5. The van der Waals surface area contributed by atoms with Crippen molar-refractivity contribution < 1.29 is 9.47 Å². The molecule has 0 N–H and O–H groups in total. The molecule has 2 heterocycles. The second kappa shape index (κ2) is 7.68. The third-order valence-corrected chi connectivity index (χ3v) is 3.74. The molecule has 0 saturated heterocycles. The molecule has 1 unspecified atom stereocenters. The highest BCUT2D eigenvalue weighted by atomic mass is 79.9. The lowest BCUT2D eigenvalue weighted by molar-refractivity contribution is 0.171. The third kappa shape index (κ3) is 3.90. The topological polar surface area (TPSA) is 47.5 Å². The van der Waals surface area contributed by atoms with Gasteiger partial charge in [-0.15, -0.1) is 0 Å². The summed E-state index contributed by atoms with van der Waals surface area (Å²) in [5.41, 5.74) is 2.81. The molecule has 0 amide bonds. The van der Waals surface area contributed by atoms with Crippen molar-refractivity contribution in [2.75, 3.05) is 38.9 Å². The molecule has 2 aromatic heterocycles. The van der Waals surface area contributed by atoms with Crippen LogP contribution in [0.4, 0.5) is 5.69 Å². The van der Waals surface area contributed by atoms with Gasteiger partial charge in [-0.05, 0) is 35.0 Å². The Morgan fingerprint density at radius 1 is 1.29 bits per heavy atom. The van der Waals surface area contributed by atoms with Gasteiger partial charge in [0.1, 0.15) is 5.52 Å². The number of ether oxygens (including phenoxy) is 2. The number of nitrogens with zero attached hydrogens (tertiary/aromatic N) is 3. The van der Waals surface area contributed by atoms with E-state index in [4.69, 9.17) is 9.47 Å². The number of halogens is 1. The smallest absolute Gasteiger partial charge is 0.112 e. The quantitative estimate of drug-likeness (QED) is 0.765. The average molecular weight is 354 g/mol. The van der Waals surface area contributed by atoms with E-state index in [2.05, 4.69) is 37.7 Å². The van der Waals surface area contributed by atoms with Crippen LogP contribution >= 0.6 is 15.9 Å². The fourth-order valence-corrected chi connectivity index (χ4v) is 2.64. The van der Waals surface area contributed by atoms with Gasteiger partial charge in [0.25, 0.3) is 0 Å². The molecular weight excluding hydrogens is 334 g/mol. The van der Waals surface area contributed by atoms with Gasteiger partial charge < -0.3 is 14.4 Å². The van der Waals surface area contributed by atoms with Crippen molar-refractivity contribution in [2.45, 2.75) is 13.0 Å². The first-order valence-electron chi connectivity index (χ1n) is 6.82. The highest BCUT2D eigenvalue weighted by Crippen LogP contribution is 2.26. The third-order valence-electron chi connectivity index (χ3n) is 3.31. The lowest BCUT2D eigenvalue weighted by Crippen LogP contribution is -2.38. The molecule has 0 radical (unpaired) electrons. The Bertz CT molecular complexity index is 594. The van der Waals surface area contributed by atoms with E-state index in [1.165, 1.54) is 0 Å². The molecular formula is C15H20BrN3O2. The van der Waals surface area contributed by atoms with Crippen LogP contribution in [0.25, 0.3) is 11.0 Å². The van der Waals surface area contributed by atoms with Crippen LogP contribution in [0, 0.1) is 0 Å². The van der Waals surface area contributed by atoms with Gasteiger partial charge in [-0.2, -0.15) is 0 Å². The number of fused-ring (bicyclic) bond motifs is 1. The number of hydrogen-bond acceptors (Lipinski definition) is 5. The Kier molecular flexibility index (Phi) is 5.90. The highest BCUT2D eigenvalue weighted by molar-refractivity contribution is 9.10. The maximum absolute atomic E-state index is 5.29. The summed E-state index contributed by atoms with van der Waals surface area (Å²) in [6.07, 6.45) is 3.61. The molecule has 0 aliphatic heterocycles. The van der Waals surface area contributed by atoms with Crippen molar-refractivity contribution in [1.82, 2.24) is 9.97 Å². The molecule has 0 aliphatic rings. The summed E-state index contributed by atoms with van der Waals surface area (Å²) >= 11 is 3.43. The van der Waals surface area contributed by atoms with Crippen LogP contribution in [-0.4, -0.2) is 50.0 Å². The van der Waals surface area contributed by atoms with Gasteiger partial charge in [0.15, 0.2) is 0 Å². The maximum Gasteiger partial charge on any atom is 0.112 e. The van der Waals surface area contributed by atoms with E-state index in [0.29, 0.717) is 13.2 Å². The molecule has 6 heteroatoms. The van der Waals surface area contributed by atoms with E-state index in [1.807, 2.05) is 18.3 Å². The van der Waals surface area contributed by atoms with E-state index in [9.17, 15) is 0 Å². The molecule has 114 valence electrons. The number of hydrogen-bond donors (Lipinski definition) is 0. The van der Waals surface area contributed by atoms with Crippen LogP contribution in [-0.2, 0) is 9.47 Å². The maximum atomic E-state index is 5.29. The lowest BCUT2D eigenvalue weighted by Gasteiger charge is -2.31. The fraction of sp³-hybridized carbons (Fsp3) is 0.467. The number of aromatic nitrogens is 2. The summed E-state index contributed by atoms with van der Waals surface area (Å²) in [5, 5.41) is 0. The van der Waals surface area contributed by atoms with E-state index >= 15 is 0 Å². The van der Waals surface area contributed by atoms with Crippen LogP contribution in [0.3, 0.4) is 0 Å². The van der Waals surface area contributed by atoms with Crippen LogP contribution in [0.15, 0.2) is 29.0 Å². The minimum Gasteiger partial charge on any atom is -0.383 e. The molecule has 1 atom stereocenters. The van der Waals surface area contributed by atoms with Gasteiger partial charge >= 0.3 is 0 Å². The summed E-state index contributed by atoms with van der Waals surface area (Å²) < 4.78 is 11.4. The Morgan fingerprint density at radius 2 is 2.10 bits per heavy atom. The van der Waals surface area contributed by atoms with Crippen LogP contribution in [0.2, 0.25) is 0 Å². The summed E-state index contributed by atoms with van der Waals surface area (Å²) in [4.78, 5) is 11.2. The van der Waals surface area contributed by atoms with Gasteiger partial charge in [0.05, 0.1) is 24.4 Å². The molecule has 0 aliphatic carbocycles. The van der Waals surface area contributed by atoms with Gasteiger partial charge in [-0.25, -0.2) is 0 Å². The summed E-state index contributed by atoms with van der Waals surface area (Å²) in [6.45, 7) is 4.20. The van der Waals surface area contributed by atoms with E-state index in [1.54, 1.807) is 20.4 Å². The van der Waals surface area contributed by atoms with Crippen molar-refractivity contribution in [3.63, 3.8) is 0 Å². The minimum atomic E-state index is 0.223. The minimum absolute atomic E-state index is 0.223. The number of anilines is 1. The monoisotopic (exact) mass is 353 g/mol. The average Bonchev–Trinajstić information content (AvgIpc) is 2.47. The first-order valence-corrected chi connectivity index (χ1v) is 7.61. The van der Waals surface area contributed by atoms with E-state index in [0.717, 1.165) is 27.7 Å². The number of methoxy groups -OCH3 is 2. The Morgan fingerprint density at radius 3 is 2.81 bits per heavy atom. The highest BCUT2D eigenvalue weighted by Gasteiger charge is 2.17. The second-order valence-electron chi connectivity index (χ2n) is 4.84. The van der Waals surface area contributed by atoms with Crippen molar-refractivity contribution in [3.05, 3.63) is 29.0 Å². The van der Waals surface area contributed by atoms with Gasteiger partial charge in [-0.1, -0.05) is 0 Å². The van der Waals surface area contributed by atoms with Crippen molar-refractivity contribution in [2.24, 2.45) is 0 Å². The normalized spacial score (nSPS) is 12.6. The van der Waals surface area contributed by atoms with Crippen LogP contribution in [0.1, 0.15) is 6.92 Å². The van der Waals surface area contributed by atoms with Crippen molar-refractivity contribution in [3.8, 4) is 0 Å². The Balaban J connectivity index is 2.43. The molecule has 21 heavy (non-hydrogen) atoms. The number of pyridine rings is 2. The van der Waals surface area contributed by atoms with Crippen molar-refractivity contribution >= 4 is 32.7 Å². The largest absolute Gasteiger partial charge is 0.383 e. The van der Waals surface area contributed by atoms with Gasteiger partial charge in [0.2, 0.25) is 0 Å². The van der Waals surface area contributed by atoms with Crippen LogP contribution in [0.5, 0.6) is 0 Å². The van der Waals surface area contributed by atoms with Crippen molar-refractivity contribution in [1.29, 1.82) is 0 Å². The van der Waals surface area contributed by atoms with Gasteiger partial charge in [-0.3, -0.25) is 9.97 Å². The zero-order valence-corrected chi connectivity index (χ0v) is 14.1. The molecule has 0 fully saturated rings. The molecule has 0 saturated carbocycles. The molecule has 2 aromatic rings. The predicted molar refractivity (Wildman–Crippen MR) is 87.8 cm³/mol. The van der Waals surface area contributed by atoms with E-state index < -0.39 is 0 Å². The fourth-order valence-electron chi connectivity index (χ4n) is 2.32. The Labute approximate surface area is 133 Å². The molecule has 0 aromatic carbocycles. The standard InChI is InChI=1S/C15H20BrN3O2/c1-11(10-21-3)19(6-7-20-2)14-4-5-17-13-8-12(16)9-18-15(13)14/h4-5,8-9,11H,6-7,10H2,1-3H3. The SMILES string of the molecule is COCCN(c1ccnc2cc(Br)cnc12)C(C)COC. The van der Waals surface area contributed by atoms with Gasteiger partial charge in [0, 0.05) is 43.7 Å². The molecule has 5 nitrogen and oxygen atoms in total. The summed E-state index contributed by atoms with van der Waals surface area (Å²) in [5.74, 6) is 0.